The summed E-state index contributed by atoms with van der Waals surface area (Å²) < 4.78 is 22.2. The minimum Gasteiger partial charge on any atom is -0.494 e. The molecule has 0 spiro atoms. The molecule has 1 N–H and O–H groups in total. The number of thiazole rings is 1. The number of rotatable bonds is 6. The number of thioether (sulfide) groups is 1. The van der Waals surface area contributed by atoms with Crippen LogP contribution in [0, 0.1) is 9.77 Å². The molecule has 2 aromatic carbocycles. The molecule has 0 saturated heterocycles. The average molecular weight is 480 g/mol. The first-order valence-corrected chi connectivity index (χ1v) is 11.5. The number of hydrogen-bond donors (Lipinski definition) is 1. The van der Waals surface area contributed by atoms with Crippen molar-refractivity contribution in [3.8, 4) is 11.4 Å². The van der Waals surface area contributed by atoms with Crippen LogP contribution in [0.3, 0.4) is 0 Å². The van der Waals surface area contributed by atoms with Gasteiger partial charge < -0.3 is 9.72 Å². The molecular weight excluding hydrogens is 465 g/mol. The summed E-state index contributed by atoms with van der Waals surface area (Å²) in [5, 5.41) is 0.693. The van der Waals surface area contributed by atoms with E-state index in [-0.39, 0.29) is 11.3 Å². The lowest BCUT2D eigenvalue weighted by Crippen LogP contribution is -2.09. The van der Waals surface area contributed by atoms with Gasteiger partial charge >= 0.3 is 0 Å². The fraction of sp³-hybridized carbons (Fsp3) is 0.150. The molecule has 4 rings (SSSR count). The summed E-state index contributed by atoms with van der Waals surface area (Å²) in [5.74, 6) is 0.579. The summed E-state index contributed by atoms with van der Waals surface area (Å²) >= 11 is 14.0. The van der Waals surface area contributed by atoms with Crippen LogP contribution < -0.4 is 10.3 Å². The van der Waals surface area contributed by atoms with Crippen molar-refractivity contribution in [3.63, 3.8) is 0 Å². The number of aromatic nitrogens is 3. The lowest BCUT2D eigenvalue weighted by molar-refractivity contribution is 0.340. The number of aromatic amines is 1. The Morgan fingerprint density at radius 1 is 1.30 bits per heavy atom. The van der Waals surface area contributed by atoms with Gasteiger partial charge in [0.1, 0.15) is 16.3 Å². The van der Waals surface area contributed by atoms with Crippen LogP contribution in [-0.4, -0.2) is 21.1 Å². The van der Waals surface area contributed by atoms with Gasteiger partial charge in [-0.3, -0.25) is 9.36 Å². The summed E-state index contributed by atoms with van der Waals surface area (Å²) in [6.45, 7) is 2.49. The first-order chi connectivity index (χ1) is 14.5. The molecule has 0 unspecified atom stereocenters. The van der Waals surface area contributed by atoms with Crippen molar-refractivity contribution >= 4 is 57.3 Å². The Bertz CT molecular complexity index is 1310. The molecule has 30 heavy (non-hydrogen) atoms. The van der Waals surface area contributed by atoms with Crippen molar-refractivity contribution in [2.75, 3.05) is 6.61 Å². The third kappa shape index (κ3) is 4.15. The number of benzene rings is 2. The highest BCUT2D eigenvalue weighted by Crippen LogP contribution is 2.29. The molecule has 2 heterocycles. The van der Waals surface area contributed by atoms with Gasteiger partial charge in [0.15, 0.2) is 14.8 Å². The van der Waals surface area contributed by atoms with Gasteiger partial charge in [-0.1, -0.05) is 40.8 Å². The summed E-state index contributed by atoms with van der Waals surface area (Å²) in [7, 11) is 0. The van der Waals surface area contributed by atoms with Crippen LogP contribution in [0.1, 0.15) is 12.5 Å². The maximum Gasteiger partial charge on any atom is 0.271 e. The number of H-pyrrole nitrogens is 1. The number of hydrogen-bond acceptors (Lipinski definition) is 6. The van der Waals surface area contributed by atoms with Gasteiger partial charge in [0, 0.05) is 22.0 Å². The highest BCUT2D eigenvalue weighted by Gasteiger charge is 2.15. The first-order valence-electron chi connectivity index (χ1n) is 8.92. The van der Waals surface area contributed by atoms with Crippen molar-refractivity contribution in [2.45, 2.75) is 17.8 Å². The standard InChI is InChI=1S/C20H15ClFN3O2S3/c1-2-27-12-8-6-11(7-9-12)25-17-16(30-20(25)28)18(26)24-19(23-17)29-10-13-14(21)4-3-5-15(13)22/h3-9H,2,10H2,1H3,(H,23,24,26). The normalized spacial score (nSPS) is 11.2. The number of nitrogens with zero attached hydrogens (tertiary/aromatic N) is 2. The Morgan fingerprint density at radius 2 is 2.07 bits per heavy atom. The van der Waals surface area contributed by atoms with Gasteiger partial charge in [0.2, 0.25) is 0 Å². The fourth-order valence-corrected chi connectivity index (χ4v) is 5.33. The highest BCUT2D eigenvalue weighted by molar-refractivity contribution is 7.98. The Labute approximate surface area is 189 Å². The number of halogens is 2. The Morgan fingerprint density at radius 3 is 2.77 bits per heavy atom. The molecule has 0 atom stereocenters. The summed E-state index contributed by atoms with van der Waals surface area (Å²) in [6, 6.07) is 11.9. The first kappa shape index (κ1) is 21.0. The van der Waals surface area contributed by atoms with Crippen molar-refractivity contribution < 1.29 is 9.13 Å². The number of fused-ring (bicyclic) bond motifs is 1. The van der Waals surface area contributed by atoms with E-state index in [1.54, 1.807) is 16.7 Å². The number of ether oxygens (including phenoxy) is 1. The molecule has 0 fully saturated rings. The maximum atomic E-state index is 14.0. The van der Waals surface area contributed by atoms with Crippen LogP contribution in [0.2, 0.25) is 5.02 Å². The predicted molar refractivity (Wildman–Crippen MR) is 123 cm³/mol. The molecule has 154 valence electrons. The third-order valence-electron chi connectivity index (χ3n) is 4.24. The molecular formula is C20H15ClFN3O2S3. The van der Waals surface area contributed by atoms with Crippen LogP contribution in [-0.2, 0) is 5.75 Å². The quantitative estimate of drug-likeness (QED) is 0.209. The van der Waals surface area contributed by atoms with Gasteiger partial charge in [-0.2, -0.15) is 0 Å². The second-order valence-corrected chi connectivity index (χ2v) is 9.16. The van der Waals surface area contributed by atoms with E-state index in [1.165, 1.54) is 29.2 Å². The summed E-state index contributed by atoms with van der Waals surface area (Å²) in [5.41, 5.74) is 1.31. The van der Waals surface area contributed by atoms with Crippen molar-refractivity contribution in [1.29, 1.82) is 0 Å². The zero-order valence-corrected chi connectivity index (χ0v) is 18.9. The lowest BCUT2D eigenvalue weighted by atomic mass is 10.2. The lowest BCUT2D eigenvalue weighted by Gasteiger charge is -2.08. The van der Waals surface area contributed by atoms with Crippen LogP contribution in [0.25, 0.3) is 16.0 Å². The molecule has 0 saturated carbocycles. The van der Waals surface area contributed by atoms with E-state index in [0.717, 1.165) is 11.4 Å². The largest absolute Gasteiger partial charge is 0.494 e. The van der Waals surface area contributed by atoms with Crippen LogP contribution in [0.5, 0.6) is 5.75 Å². The second kappa shape index (κ2) is 8.89. The minimum atomic E-state index is -0.397. The van der Waals surface area contributed by atoms with E-state index < -0.39 is 5.82 Å². The summed E-state index contributed by atoms with van der Waals surface area (Å²) in [6.07, 6.45) is 0. The van der Waals surface area contributed by atoms with E-state index in [1.807, 2.05) is 31.2 Å². The maximum absolute atomic E-state index is 14.0. The van der Waals surface area contributed by atoms with E-state index >= 15 is 0 Å². The molecule has 0 radical (unpaired) electrons. The molecule has 5 nitrogen and oxygen atoms in total. The van der Waals surface area contributed by atoms with Crippen molar-refractivity contribution in [3.05, 3.63) is 73.2 Å². The Kier molecular flexibility index (Phi) is 6.24. The predicted octanol–water partition coefficient (Wildman–Crippen LogP) is 5.99. The van der Waals surface area contributed by atoms with E-state index in [4.69, 9.17) is 28.6 Å². The van der Waals surface area contributed by atoms with E-state index in [9.17, 15) is 9.18 Å². The van der Waals surface area contributed by atoms with Crippen LogP contribution in [0.4, 0.5) is 4.39 Å². The highest BCUT2D eigenvalue weighted by atomic mass is 35.5. The zero-order chi connectivity index (χ0) is 21.3. The van der Waals surface area contributed by atoms with Crippen LogP contribution in [0.15, 0.2) is 52.4 Å². The van der Waals surface area contributed by atoms with Gasteiger partial charge in [-0.25, -0.2) is 9.37 Å². The topological polar surface area (TPSA) is 59.9 Å². The van der Waals surface area contributed by atoms with Crippen molar-refractivity contribution in [1.82, 2.24) is 14.5 Å². The van der Waals surface area contributed by atoms with Gasteiger partial charge in [-0.05, 0) is 55.5 Å². The molecule has 0 aliphatic carbocycles. The monoisotopic (exact) mass is 479 g/mol. The smallest absolute Gasteiger partial charge is 0.271 e. The fourth-order valence-electron chi connectivity index (χ4n) is 2.86. The zero-order valence-electron chi connectivity index (χ0n) is 15.6. The minimum absolute atomic E-state index is 0.230. The molecule has 0 bridgehead atoms. The third-order valence-corrected chi connectivity index (χ3v) is 6.86. The SMILES string of the molecule is CCOc1ccc(-n2c(=S)sc3c(=O)[nH]c(SCc4c(F)cccc4Cl)nc32)cc1. The summed E-state index contributed by atoms with van der Waals surface area (Å²) in [4.78, 5) is 19.9. The molecule has 2 aromatic heterocycles. The molecule has 4 aromatic rings. The number of nitrogens with one attached hydrogen (secondary N) is 1. The van der Waals surface area contributed by atoms with E-state index in [2.05, 4.69) is 9.97 Å². The molecule has 0 amide bonds. The van der Waals surface area contributed by atoms with Crippen molar-refractivity contribution in [2.24, 2.45) is 0 Å². The van der Waals surface area contributed by atoms with E-state index in [0.29, 0.717) is 36.7 Å². The molecule has 0 aliphatic rings. The van der Waals surface area contributed by atoms with Gasteiger partial charge in [0.05, 0.1) is 6.61 Å². The second-order valence-electron chi connectivity index (χ2n) is 6.14. The Hall–Kier alpha value is -2.20. The average Bonchev–Trinajstić information content (AvgIpc) is 3.05. The Balaban J connectivity index is 1.73. The van der Waals surface area contributed by atoms with Gasteiger partial charge in [0.25, 0.3) is 5.56 Å². The molecule has 10 heteroatoms. The molecule has 0 aliphatic heterocycles. The van der Waals surface area contributed by atoms with Gasteiger partial charge in [-0.15, -0.1) is 0 Å². The van der Waals surface area contributed by atoms with Crippen LogP contribution >= 0.6 is 46.9 Å².